The van der Waals surface area contributed by atoms with E-state index in [9.17, 15) is 13.6 Å². The third-order valence-corrected chi connectivity index (χ3v) is 2.11. The number of benzene rings is 1. The van der Waals surface area contributed by atoms with Crippen molar-refractivity contribution in [1.82, 2.24) is 9.78 Å². The molecule has 0 unspecified atom stereocenters. The maximum Gasteiger partial charge on any atom is 0.246 e. The van der Waals surface area contributed by atoms with Gasteiger partial charge in [0.05, 0.1) is 0 Å². The first-order valence-corrected chi connectivity index (χ1v) is 5.08. The van der Waals surface area contributed by atoms with Gasteiger partial charge in [-0.05, 0) is 18.2 Å². The standard InChI is InChI=1S/C11H10F2N4O/c12-7-3-8(13)5-9(4-7)15-11(18)6-17-2-1-10(14)16-17/h1-5H,6H2,(H2,14,16)(H,15,18). The van der Waals surface area contributed by atoms with E-state index in [2.05, 4.69) is 10.4 Å². The number of carbonyl (C=O) groups is 1. The first kappa shape index (κ1) is 12.0. The van der Waals surface area contributed by atoms with Crippen LogP contribution in [0, 0.1) is 11.6 Å². The smallest absolute Gasteiger partial charge is 0.246 e. The fraction of sp³-hybridized carbons (Fsp3) is 0.0909. The Labute approximate surface area is 101 Å². The van der Waals surface area contributed by atoms with Crippen LogP contribution in [0.3, 0.4) is 0 Å². The zero-order chi connectivity index (χ0) is 13.1. The summed E-state index contributed by atoms with van der Waals surface area (Å²) in [5.41, 5.74) is 5.44. The molecule has 1 aromatic heterocycles. The van der Waals surface area contributed by atoms with Crippen LogP contribution in [0.25, 0.3) is 0 Å². The van der Waals surface area contributed by atoms with Gasteiger partial charge in [-0.1, -0.05) is 0 Å². The quantitative estimate of drug-likeness (QED) is 0.866. The number of amides is 1. The van der Waals surface area contributed by atoms with Gasteiger partial charge in [0.25, 0.3) is 0 Å². The van der Waals surface area contributed by atoms with Gasteiger partial charge in [0.15, 0.2) is 0 Å². The van der Waals surface area contributed by atoms with Crippen LogP contribution in [0.5, 0.6) is 0 Å². The highest BCUT2D eigenvalue weighted by molar-refractivity contribution is 5.90. The van der Waals surface area contributed by atoms with Gasteiger partial charge >= 0.3 is 0 Å². The monoisotopic (exact) mass is 252 g/mol. The lowest BCUT2D eigenvalue weighted by atomic mass is 10.3. The molecule has 2 rings (SSSR count). The maximum absolute atomic E-state index is 12.9. The molecule has 2 aromatic rings. The molecule has 0 atom stereocenters. The summed E-state index contributed by atoms with van der Waals surface area (Å²) in [4.78, 5) is 11.6. The van der Waals surface area contributed by atoms with E-state index in [1.807, 2.05) is 0 Å². The average Bonchev–Trinajstić information content (AvgIpc) is 2.61. The van der Waals surface area contributed by atoms with E-state index in [0.717, 1.165) is 18.2 Å². The molecule has 1 amide bonds. The molecule has 0 bridgehead atoms. The fourth-order valence-corrected chi connectivity index (χ4v) is 1.44. The molecule has 0 fully saturated rings. The number of carbonyl (C=O) groups excluding carboxylic acids is 1. The summed E-state index contributed by atoms with van der Waals surface area (Å²) in [6, 6.07) is 4.32. The molecule has 1 aromatic carbocycles. The molecule has 18 heavy (non-hydrogen) atoms. The lowest BCUT2D eigenvalue weighted by Gasteiger charge is -2.05. The van der Waals surface area contributed by atoms with Gasteiger partial charge in [0.2, 0.25) is 5.91 Å². The zero-order valence-electron chi connectivity index (χ0n) is 9.23. The Kier molecular flexibility index (Phi) is 3.22. The van der Waals surface area contributed by atoms with Crippen LogP contribution in [0.1, 0.15) is 0 Å². The van der Waals surface area contributed by atoms with Gasteiger partial charge in [-0.15, -0.1) is 0 Å². The number of rotatable bonds is 3. The number of anilines is 2. The second kappa shape index (κ2) is 4.82. The Morgan fingerprint density at radius 2 is 2.00 bits per heavy atom. The first-order chi connectivity index (χ1) is 8.52. The maximum atomic E-state index is 12.9. The number of nitrogen functional groups attached to an aromatic ring is 1. The molecular formula is C11H10F2N4O. The molecule has 0 saturated heterocycles. The van der Waals surface area contributed by atoms with Gasteiger partial charge in [-0.2, -0.15) is 5.10 Å². The minimum Gasteiger partial charge on any atom is -0.382 e. The molecule has 0 saturated carbocycles. The van der Waals surface area contributed by atoms with E-state index in [0.29, 0.717) is 5.82 Å². The largest absolute Gasteiger partial charge is 0.382 e. The second-order valence-corrected chi connectivity index (χ2v) is 3.64. The first-order valence-electron chi connectivity index (χ1n) is 5.08. The molecule has 1 heterocycles. The van der Waals surface area contributed by atoms with Crippen molar-refractivity contribution in [3.05, 3.63) is 42.1 Å². The lowest BCUT2D eigenvalue weighted by molar-refractivity contribution is -0.116. The number of nitrogens with zero attached hydrogens (tertiary/aromatic N) is 2. The number of halogens is 2. The topological polar surface area (TPSA) is 72.9 Å². The predicted octanol–water partition coefficient (Wildman–Crippen LogP) is 1.38. The van der Waals surface area contributed by atoms with Crippen molar-refractivity contribution in [2.75, 3.05) is 11.1 Å². The van der Waals surface area contributed by atoms with E-state index in [1.165, 1.54) is 16.9 Å². The summed E-state index contributed by atoms with van der Waals surface area (Å²) < 4.78 is 27.1. The summed E-state index contributed by atoms with van der Waals surface area (Å²) >= 11 is 0. The Bertz CT molecular complexity index is 562. The molecule has 0 radical (unpaired) electrons. The van der Waals surface area contributed by atoms with Gasteiger partial charge in [0.1, 0.15) is 24.0 Å². The Hall–Kier alpha value is -2.44. The highest BCUT2D eigenvalue weighted by Gasteiger charge is 2.06. The van der Waals surface area contributed by atoms with Crippen molar-refractivity contribution < 1.29 is 13.6 Å². The summed E-state index contributed by atoms with van der Waals surface area (Å²) in [7, 11) is 0. The van der Waals surface area contributed by atoms with E-state index in [-0.39, 0.29) is 12.2 Å². The van der Waals surface area contributed by atoms with Crippen molar-refractivity contribution in [3.8, 4) is 0 Å². The summed E-state index contributed by atoms with van der Waals surface area (Å²) in [5, 5.41) is 6.17. The predicted molar refractivity (Wildman–Crippen MR) is 61.6 cm³/mol. The number of nitrogens with one attached hydrogen (secondary N) is 1. The van der Waals surface area contributed by atoms with Crippen LogP contribution in [0.15, 0.2) is 30.5 Å². The molecule has 5 nitrogen and oxygen atoms in total. The van der Waals surface area contributed by atoms with Crippen molar-refractivity contribution in [2.45, 2.75) is 6.54 Å². The van der Waals surface area contributed by atoms with Crippen LogP contribution in [-0.2, 0) is 11.3 Å². The fourth-order valence-electron chi connectivity index (χ4n) is 1.44. The highest BCUT2D eigenvalue weighted by atomic mass is 19.1. The minimum absolute atomic E-state index is 0.0534. The molecule has 0 aliphatic carbocycles. The van der Waals surface area contributed by atoms with Crippen molar-refractivity contribution in [3.63, 3.8) is 0 Å². The summed E-state index contributed by atoms with van der Waals surface area (Å²) in [6.45, 7) is -0.0880. The molecule has 0 spiro atoms. The summed E-state index contributed by atoms with van der Waals surface area (Å²) in [6.07, 6.45) is 1.53. The van der Waals surface area contributed by atoms with Crippen molar-refractivity contribution in [1.29, 1.82) is 0 Å². The van der Waals surface area contributed by atoms with Gasteiger partial charge < -0.3 is 11.1 Å². The van der Waals surface area contributed by atoms with Crippen LogP contribution >= 0.6 is 0 Å². The third kappa shape index (κ3) is 3.03. The number of hydrogen-bond acceptors (Lipinski definition) is 3. The van der Waals surface area contributed by atoms with E-state index >= 15 is 0 Å². The highest BCUT2D eigenvalue weighted by Crippen LogP contribution is 2.12. The van der Waals surface area contributed by atoms with E-state index in [4.69, 9.17) is 5.73 Å². The van der Waals surface area contributed by atoms with Crippen LogP contribution in [0.4, 0.5) is 20.3 Å². The zero-order valence-corrected chi connectivity index (χ0v) is 9.23. The molecule has 3 N–H and O–H groups in total. The van der Waals surface area contributed by atoms with E-state index < -0.39 is 17.5 Å². The molecule has 7 heteroatoms. The molecular weight excluding hydrogens is 242 g/mol. The number of aromatic nitrogens is 2. The molecule has 0 aliphatic rings. The Balaban J connectivity index is 2.02. The SMILES string of the molecule is Nc1ccn(CC(=O)Nc2cc(F)cc(F)c2)n1. The van der Waals surface area contributed by atoms with Crippen LogP contribution in [0.2, 0.25) is 0 Å². The Morgan fingerprint density at radius 1 is 1.33 bits per heavy atom. The number of hydrogen-bond donors (Lipinski definition) is 2. The number of nitrogens with two attached hydrogens (primary N) is 1. The van der Waals surface area contributed by atoms with Gasteiger partial charge in [0, 0.05) is 18.0 Å². The Morgan fingerprint density at radius 3 is 2.56 bits per heavy atom. The van der Waals surface area contributed by atoms with Crippen molar-refractivity contribution >= 4 is 17.4 Å². The van der Waals surface area contributed by atoms with Crippen LogP contribution < -0.4 is 11.1 Å². The second-order valence-electron chi connectivity index (χ2n) is 3.64. The van der Waals surface area contributed by atoms with Gasteiger partial charge in [-0.25, -0.2) is 8.78 Å². The van der Waals surface area contributed by atoms with Crippen molar-refractivity contribution in [2.24, 2.45) is 0 Å². The average molecular weight is 252 g/mol. The summed E-state index contributed by atoms with van der Waals surface area (Å²) in [5.74, 6) is -1.68. The van der Waals surface area contributed by atoms with Gasteiger partial charge in [-0.3, -0.25) is 9.48 Å². The minimum atomic E-state index is -0.756. The third-order valence-electron chi connectivity index (χ3n) is 2.11. The normalized spacial score (nSPS) is 10.3. The van der Waals surface area contributed by atoms with Crippen LogP contribution in [-0.4, -0.2) is 15.7 Å². The lowest BCUT2D eigenvalue weighted by Crippen LogP contribution is -2.19. The van der Waals surface area contributed by atoms with E-state index in [1.54, 1.807) is 0 Å². The molecule has 0 aliphatic heterocycles. The molecule has 94 valence electrons.